The van der Waals surface area contributed by atoms with Gasteiger partial charge in [-0.25, -0.2) is 13.2 Å². The van der Waals surface area contributed by atoms with Crippen molar-refractivity contribution in [3.05, 3.63) is 33.6 Å². The van der Waals surface area contributed by atoms with Gasteiger partial charge in [-0.2, -0.15) is 4.39 Å². The molecular formula is C8H5ClFNO6S. The van der Waals surface area contributed by atoms with E-state index in [0.29, 0.717) is 12.1 Å². The highest BCUT2D eigenvalue weighted by molar-refractivity contribution is 8.13. The maximum absolute atomic E-state index is 13.5. The molecular weight excluding hydrogens is 293 g/mol. The molecule has 0 amide bonds. The van der Waals surface area contributed by atoms with E-state index in [1.165, 1.54) is 0 Å². The van der Waals surface area contributed by atoms with Gasteiger partial charge in [-0.1, -0.05) is 0 Å². The van der Waals surface area contributed by atoms with Gasteiger partial charge in [-0.15, -0.1) is 0 Å². The van der Waals surface area contributed by atoms with Crippen LogP contribution in [-0.4, -0.2) is 26.4 Å². The van der Waals surface area contributed by atoms with Crippen molar-refractivity contribution in [2.75, 3.05) is 7.11 Å². The molecule has 0 radical (unpaired) electrons. The number of hydrogen-bond acceptors (Lipinski definition) is 6. The Morgan fingerprint density at radius 2 is 2.06 bits per heavy atom. The Morgan fingerprint density at radius 3 is 2.44 bits per heavy atom. The van der Waals surface area contributed by atoms with E-state index in [4.69, 9.17) is 10.7 Å². The zero-order valence-corrected chi connectivity index (χ0v) is 10.3. The Balaban J connectivity index is 3.68. The standard InChI is InChI=1S/C8H5ClFNO6S/c1-17-8(12)4-2-5(11(13)14)7(10)6(3-4)18(9,15)16/h2-3H,1H3. The minimum Gasteiger partial charge on any atom is -0.465 e. The van der Waals surface area contributed by atoms with E-state index in [-0.39, 0.29) is 0 Å². The summed E-state index contributed by atoms with van der Waals surface area (Å²) in [6.45, 7) is 0. The lowest BCUT2D eigenvalue weighted by Crippen LogP contribution is -2.07. The fraction of sp³-hybridized carbons (Fsp3) is 0.125. The minimum atomic E-state index is -4.57. The monoisotopic (exact) mass is 297 g/mol. The first-order valence-corrected chi connectivity index (χ1v) is 6.50. The van der Waals surface area contributed by atoms with Crippen molar-refractivity contribution in [3.63, 3.8) is 0 Å². The largest absolute Gasteiger partial charge is 0.465 e. The van der Waals surface area contributed by atoms with Crippen LogP contribution in [-0.2, 0) is 13.8 Å². The molecule has 0 saturated heterocycles. The van der Waals surface area contributed by atoms with Crippen LogP contribution < -0.4 is 0 Å². The molecule has 98 valence electrons. The second-order valence-electron chi connectivity index (χ2n) is 2.99. The predicted molar refractivity (Wildman–Crippen MR) is 57.4 cm³/mol. The molecule has 7 nitrogen and oxygen atoms in total. The molecule has 1 rings (SSSR count). The van der Waals surface area contributed by atoms with E-state index in [1.807, 2.05) is 0 Å². The summed E-state index contributed by atoms with van der Waals surface area (Å²) >= 11 is 0. The fourth-order valence-corrected chi connectivity index (χ4v) is 2.05. The van der Waals surface area contributed by atoms with Crippen LogP contribution in [0.25, 0.3) is 0 Å². The van der Waals surface area contributed by atoms with Gasteiger partial charge in [-0.3, -0.25) is 10.1 Å². The van der Waals surface area contributed by atoms with Gasteiger partial charge in [0.1, 0.15) is 4.90 Å². The van der Waals surface area contributed by atoms with Crippen LogP contribution in [0.1, 0.15) is 10.4 Å². The normalized spacial score (nSPS) is 11.1. The van der Waals surface area contributed by atoms with E-state index in [0.717, 1.165) is 7.11 Å². The maximum Gasteiger partial charge on any atom is 0.338 e. The lowest BCUT2D eigenvalue weighted by molar-refractivity contribution is -0.387. The smallest absolute Gasteiger partial charge is 0.338 e. The number of methoxy groups -OCH3 is 1. The first kappa shape index (κ1) is 14.3. The molecule has 0 fully saturated rings. The van der Waals surface area contributed by atoms with E-state index in [1.54, 1.807) is 0 Å². The maximum atomic E-state index is 13.5. The van der Waals surface area contributed by atoms with Crippen molar-refractivity contribution < 1.29 is 27.3 Å². The Kier molecular flexibility index (Phi) is 3.87. The van der Waals surface area contributed by atoms with Gasteiger partial charge in [0.25, 0.3) is 9.05 Å². The summed E-state index contributed by atoms with van der Waals surface area (Å²) < 4.78 is 39.9. The summed E-state index contributed by atoms with van der Waals surface area (Å²) in [5.41, 5.74) is -1.68. The second-order valence-corrected chi connectivity index (χ2v) is 5.53. The molecule has 0 aliphatic heterocycles. The highest BCUT2D eigenvalue weighted by atomic mass is 35.7. The number of benzene rings is 1. The Hall–Kier alpha value is -1.74. The Morgan fingerprint density at radius 1 is 1.50 bits per heavy atom. The molecule has 0 aromatic heterocycles. The van der Waals surface area contributed by atoms with Crippen LogP contribution in [0, 0.1) is 15.9 Å². The quantitative estimate of drug-likeness (QED) is 0.362. The van der Waals surface area contributed by atoms with Gasteiger partial charge in [-0.05, 0) is 6.07 Å². The number of esters is 1. The van der Waals surface area contributed by atoms with Crippen molar-refractivity contribution in [1.82, 2.24) is 0 Å². The van der Waals surface area contributed by atoms with E-state index in [9.17, 15) is 27.7 Å². The first-order valence-electron chi connectivity index (χ1n) is 4.19. The van der Waals surface area contributed by atoms with Crippen LogP contribution in [0.4, 0.5) is 10.1 Å². The van der Waals surface area contributed by atoms with E-state index >= 15 is 0 Å². The average molecular weight is 298 g/mol. The molecule has 0 aliphatic rings. The number of carbonyl (C=O) groups excluding carboxylic acids is 1. The van der Waals surface area contributed by atoms with Crippen LogP contribution in [0.15, 0.2) is 17.0 Å². The number of halogens is 2. The molecule has 0 N–H and O–H groups in total. The number of rotatable bonds is 3. The minimum absolute atomic E-state index is 0.496. The van der Waals surface area contributed by atoms with Crippen molar-refractivity contribution in [2.24, 2.45) is 0 Å². The average Bonchev–Trinajstić information content (AvgIpc) is 2.26. The molecule has 10 heteroatoms. The summed E-state index contributed by atoms with van der Waals surface area (Å²) in [6.07, 6.45) is 0. The number of nitro benzene ring substituents is 1. The third kappa shape index (κ3) is 2.74. The summed E-state index contributed by atoms with van der Waals surface area (Å²) in [5.74, 6) is -2.69. The molecule has 0 heterocycles. The lowest BCUT2D eigenvalue weighted by atomic mass is 10.2. The molecule has 0 atom stereocenters. The van der Waals surface area contributed by atoms with Crippen molar-refractivity contribution in [3.8, 4) is 0 Å². The fourth-order valence-electron chi connectivity index (χ4n) is 1.13. The van der Waals surface area contributed by atoms with Crippen LogP contribution in [0.3, 0.4) is 0 Å². The lowest BCUT2D eigenvalue weighted by Gasteiger charge is -2.04. The highest BCUT2D eigenvalue weighted by Gasteiger charge is 2.28. The number of ether oxygens (including phenoxy) is 1. The topological polar surface area (TPSA) is 104 Å². The number of hydrogen-bond donors (Lipinski definition) is 0. The summed E-state index contributed by atoms with van der Waals surface area (Å²) in [5, 5.41) is 10.5. The molecule has 0 unspecified atom stereocenters. The molecule has 0 aliphatic carbocycles. The second kappa shape index (κ2) is 4.86. The van der Waals surface area contributed by atoms with E-state index in [2.05, 4.69) is 4.74 Å². The first-order chi connectivity index (χ1) is 8.18. The van der Waals surface area contributed by atoms with Gasteiger partial charge in [0.2, 0.25) is 5.82 Å². The van der Waals surface area contributed by atoms with Gasteiger partial charge < -0.3 is 4.74 Å². The molecule has 0 spiro atoms. The molecule has 18 heavy (non-hydrogen) atoms. The summed E-state index contributed by atoms with van der Waals surface area (Å²) in [4.78, 5) is 19.4. The van der Waals surface area contributed by atoms with Gasteiger partial charge in [0.05, 0.1) is 17.6 Å². The van der Waals surface area contributed by atoms with Crippen molar-refractivity contribution in [1.29, 1.82) is 0 Å². The molecule has 1 aromatic rings. The number of carbonyl (C=O) groups is 1. The van der Waals surface area contributed by atoms with Gasteiger partial charge in [0, 0.05) is 16.7 Å². The zero-order chi connectivity index (χ0) is 14.1. The highest BCUT2D eigenvalue weighted by Crippen LogP contribution is 2.28. The summed E-state index contributed by atoms with van der Waals surface area (Å²) in [7, 11) is 1.33. The number of nitrogens with zero attached hydrogens (tertiary/aromatic N) is 1. The Bertz CT molecular complexity index is 629. The van der Waals surface area contributed by atoms with Crippen molar-refractivity contribution >= 4 is 31.4 Å². The number of nitro groups is 1. The SMILES string of the molecule is COC(=O)c1cc([N+](=O)[O-])c(F)c(S(=O)(=O)Cl)c1. The Labute approximate surface area is 105 Å². The summed E-state index contributed by atoms with van der Waals surface area (Å²) in [6, 6.07) is 1.13. The van der Waals surface area contributed by atoms with Crippen LogP contribution >= 0.6 is 10.7 Å². The molecule has 0 saturated carbocycles. The van der Waals surface area contributed by atoms with Gasteiger partial charge in [0.15, 0.2) is 0 Å². The molecule has 0 bridgehead atoms. The van der Waals surface area contributed by atoms with Crippen LogP contribution in [0.5, 0.6) is 0 Å². The molecule has 1 aromatic carbocycles. The van der Waals surface area contributed by atoms with Crippen LogP contribution in [0.2, 0.25) is 0 Å². The predicted octanol–water partition coefficient (Wildman–Crippen LogP) is 1.45. The third-order valence-electron chi connectivity index (χ3n) is 1.90. The van der Waals surface area contributed by atoms with Crippen molar-refractivity contribution in [2.45, 2.75) is 4.90 Å². The zero-order valence-electron chi connectivity index (χ0n) is 8.72. The van der Waals surface area contributed by atoms with E-state index < -0.39 is 41.9 Å². The third-order valence-corrected chi connectivity index (χ3v) is 3.22. The van der Waals surface area contributed by atoms with Gasteiger partial charge >= 0.3 is 11.7 Å².